The highest BCUT2D eigenvalue weighted by atomic mass is 35.5. The van der Waals surface area contributed by atoms with Gasteiger partial charge in [0.05, 0.1) is 0 Å². The Hall–Kier alpha value is -1.59. The maximum absolute atomic E-state index is 12.1. The Kier molecular flexibility index (Phi) is 5.18. The second kappa shape index (κ2) is 7.32. The SMILES string of the molecule is Cc1cc(CCC(=O)N[C@@H]2CCN(c3nccs3)C2)ccc1Cl. The molecule has 122 valence electrons. The summed E-state index contributed by atoms with van der Waals surface area (Å²) in [4.78, 5) is 18.7. The number of aromatic nitrogens is 1. The molecule has 1 aromatic carbocycles. The van der Waals surface area contributed by atoms with Crippen LogP contribution in [0.15, 0.2) is 29.8 Å². The highest BCUT2D eigenvalue weighted by molar-refractivity contribution is 7.13. The van der Waals surface area contributed by atoms with E-state index < -0.39 is 0 Å². The molecule has 1 amide bonds. The van der Waals surface area contributed by atoms with Crippen molar-refractivity contribution in [3.8, 4) is 0 Å². The summed E-state index contributed by atoms with van der Waals surface area (Å²) in [5, 5.41) is 6.93. The molecule has 1 fully saturated rings. The molecule has 0 bridgehead atoms. The van der Waals surface area contributed by atoms with Crippen LogP contribution in [0.2, 0.25) is 5.02 Å². The molecule has 0 aliphatic carbocycles. The Morgan fingerprint density at radius 1 is 1.52 bits per heavy atom. The first-order valence-corrected chi connectivity index (χ1v) is 9.06. The lowest BCUT2D eigenvalue weighted by atomic mass is 10.1. The lowest BCUT2D eigenvalue weighted by molar-refractivity contribution is -0.121. The molecule has 2 aromatic rings. The minimum absolute atomic E-state index is 0.114. The highest BCUT2D eigenvalue weighted by Crippen LogP contribution is 2.22. The van der Waals surface area contributed by atoms with Gasteiger partial charge in [-0.1, -0.05) is 23.7 Å². The van der Waals surface area contributed by atoms with Crippen LogP contribution in [0.1, 0.15) is 24.0 Å². The number of benzene rings is 1. The van der Waals surface area contributed by atoms with E-state index in [1.807, 2.05) is 30.6 Å². The van der Waals surface area contributed by atoms with Gasteiger partial charge >= 0.3 is 0 Å². The average Bonchev–Trinajstić information content (AvgIpc) is 3.19. The summed E-state index contributed by atoms with van der Waals surface area (Å²) in [5.74, 6) is 0.114. The van der Waals surface area contributed by atoms with Gasteiger partial charge in [0.25, 0.3) is 0 Å². The summed E-state index contributed by atoms with van der Waals surface area (Å²) in [6.45, 7) is 3.78. The van der Waals surface area contributed by atoms with Crippen molar-refractivity contribution >= 4 is 34.0 Å². The van der Waals surface area contributed by atoms with Gasteiger partial charge in [-0.2, -0.15) is 0 Å². The zero-order chi connectivity index (χ0) is 16.2. The molecule has 0 spiro atoms. The lowest BCUT2D eigenvalue weighted by Crippen LogP contribution is -2.37. The van der Waals surface area contributed by atoms with Crippen molar-refractivity contribution in [1.82, 2.24) is 10.3 Å². The molecule has 23 heavy (non-hydrogen) atoms. The number of thiazole rings is 1. The van der Waals surface area contributed by atoms with Crippen molar-refractivity contribution < 1.29 is 4.79 Å². The first-order valence-electron chi connectivity index (χ1n) is 7.80. The second-order valence-corrected chi connectivity index (χ2v) is 7.18. The summed E-state index contributed by atoms with van der Waals surface area (Å²) in [6, 6.07) is 6.16. The van der Waals surface area contributed by atoms with Crippen LogP contribution < -0.4 is 10.2 Å². The Bertz CT molecular complexity index is 674. The van der Waals surface area contributed by atoms with Crippen molar-refractivity contribution in [1.29, 1.82) is 0 Å². The van der Waals surface area contributed by atoms with Gasteiger partial charge in [0.1, 0.15) is 0 Å². The van der Waals surface area contributed by atoms with Crippen LogP contribution >= 0.6 is 22.9 Å². The quantitative estimate of drug-likeness (QED) is 0.899. The predicted octanol–water partition coefficient (Wildman–Crippen LogP) is 3.43. The Labute approximate surface area is 145 Å². The van der Waals surface area contributed by atoms with E-state index in [4.69, 9.17) is 11.6 Å². The summed E-state index contributed by atoms with van der Waals surface area (Å²) < 4.78 is 0. The Morgan fingerprint density at radius 3 is 3.13 bits per heavy atom. The molecule has 4 nitrogen and oxygen atoms in total. The van der Waals surface area contributed by atoms with Crippen LogP contribution in [0.5, 0.6) is 0 Å². The molecule has 2 heterocycles. The third kappa shape index (κ3) is 4.24. The third-order valence-corrected chi connectivity index (χ3v) is 5.36. The molecule has 1 atom stereocenters. The van der Waals surface area contributed by atoms with Crippen molar-refractivity contribution in [2.75, 3.05) is 18.0 Å². The number of carbonyl (C=O) groups is 1. The van der Waals surface area contributed by atoms with Crippen molar-refractivity contribution in [3.05, 3.63) is 45.9 Å². The Balaban J connectivity index is 1.45. The van der Waals surface area contributed by atoms with Gasteiger partial charge in [-0.05, 0) is 37.0 Å². The smallest absolute Gasteiger partial charge is 0.220 e. The molecule has 1 aliphatic heterocycles. The van der Waals surface area contributed by atoms with E-state index >= 15 is 0 Å². The maximum Gasteiger partial charge on any atom is 0.220 e. The number of halogens is 1. The Morgan fingerprint density at radius 2 is 2.39 bits per heavy atom. The number of rotatable bonds is 5. The van der Waals surface area contributed by atoms with Gasteiger partial charge in [0.2, 0.25) is 5.91 Å². The zero-order valence-electron chi connectivity index (χ0n) is 13.1. The minimum Gasteiger partial charge on any atom is -0.352 e. The number of hydrogen-bond donors (Lipinski definition) is 1. The van der Waals surface area contributed by atoms with Crippen LogP contribution in [0.25, 0.3) is 0 Å². The minimum atomic E-state index is 0.114. The number of aryl methyl sites for hydroxylation is 2. The number of nitrogens with one attached hydrogen (secondary N) is 1. The summed E-state index contributed by atoms with van der Waals surface area (Å²) in [7, 11) is 0. The van der Waals surface area contributed by atoms with E-state index in [-0.39, 0.29) is 11.9 Å². The summed E-state index contributed by atoms with van der Waals surface area (Å²) in [6.07, 6.45) is 4.05. The normalized spacial score (nSPS) is 17.5. The first-order chi connectivity index (χ1) is 11.1. The van der Waals surface area contributed by atoms with Crippen molar-refractivity contribution in [2.24, 2.45) is 0 Å². The summed E-state index contributed by atoms with van der Waals surface area (Å²) in [5.41, 5.74) is 2.21. The van der Waals surface area contributed by atoms with E-state index in [0.717, 1.165) is 47.2 Å². The van der Waals surface area contributed by atoms with Gasteiger partial charge in [0.15, 0.2) is 5.13 Å². The molecular formula is C17H20ClN3OS. The van der Waals surface area contributed by atoms with Crippen LogP contribution in [0, 0.1) is 6.92 Å². The monoisotopic (exact) mass is 349 g/mol. The van der Waals surface area contributed by atoms with Crippen LogP contribution in [-0.2, 0) is 11.2 Å². The van der Waals surface area contributed by atoms with Gasteiger partial charge in [-0.3, -0.25) is 4.79 Å². The number of carbonyl (C=O) groups excluding carboxylic acids is 1. The van der Waals surface area contributed by atoms with Gasteiger partial charge in [0, 0.05) is 42.2 Å². The summed E-state index contributed by atoms with van der Waals surface area (Å²) >= 11 is 7.67. The molecule has 0 unspecified atom stereocenters. The van der Waals surface area contributed by atoms with Crippen LogP contribution in [-0.4, -0.2) is 30.0 Å². The van der Waals surface area contributed by atoms with E-state index in [0.29, 0.717) is 6.42 Å². The molecular weight excluding hydrogens is 330 g/mol. The van der Waals surface area contributed by atoms with Gasteiger partial charge in [-0.25, -0.2) is 4.98 Å². The average molecular weight is 350 g/mol. The van der Waals surface area contributed by atoms with E-state index in [9.17, 15) is 4.79 Å². The second-order valence-electron chi connectivity index (χ2n) is 5.90. The number of nitrogens with zero attached hydrogens (tertiary/aromatic N) is 2. The molecule has 6 heteroatoms. The highest BCUT2D eigenvalue weighted by Gasteiger charge is 2.25. The molecule has 1 aromatic heterocycles. The fraction of sp³-hybridized carbons (Fsp3) is 0.412. The molecule has 1 saturated heterocycles. The fourth-order valence-electron chi connectivity index (χ4n) is 2.84. The van der Waals surface area contributed by atoms with E-state index in [1.165, 1.54) is 0 Å². The number of hydrogen-bond acceptors (Lipinski definition) is 4. The number of anilines is 1. The molecule has 0 radical (unpaired) electrons. The van der Waals surface area contributed by atoms with E-state index in [1.54, 1.807) is 11.3 Å². The largest absolute Gasteiger partial charge is 0.352 e. The topological polar surface area (TPSA) is 45.2 Å². The van der Waals surface area contributed by atoms with Crippen LogP contribution in [0.3, 0.4) is 0 Å². The number of amides is 1. The van der Waals surface area contributed by atoms with Crippen molar-refractivity contribution in [3.63, 3.8) is 0 Å². The fourth-order valence-corrected chi connectivity index (χ4v) is 3.64. The van der Waals surface area contributed by atoms with Gasteiger partial charge < -0.3 is 10.2 Å². The zero-order valence-corrected chi connectivity index (χ0v) is 14.7. The molecule has 1 N–H and O–H groups in total. The molecule has 1 aliphatic rings. The van der Waals surface area contributed by atoms with E-state index in [2.05, 4.69) is 21.3 Å². The lowest BCUT2D eigenvalue weighted by Gasteiger charge is -2.15. The standard InChI is InChI=1S/C17H20ClN3OS/c1-12-10-13(2-4-15(12)18)3-5-16(22)20-14-6-8-21(11-14)17-19-7-9-23-17/h2,4,7,9-10,14H,3,5-6,8,11H2,1H3,(H,20,22)/t14-/m1/s1. The third-order valence-electron chi connectivity index (χ3n) is 4.11. The molecule has 3 rings (SSSR count). The maximum atomic E-state index is 12.1. The predicted molar refractivity (Wildman–Crippen MR) is 95.4 cm³/mol. The molecule has 0 saturated carbocycles. The van der Waals surface area contributed by atoms with Crippen LogP contribution in [0.4, 0.5) is 5.13 Å². The first kappa shape index (κ1) is 16.3. The van der Waals surface area contributed by atoms with Gasteiger partial charge in [-0.15, -0.1) is 11.3 Å². The van der Waals surface area contributed by atoms with Crippen molar-refractivity contribution in [2.45, 2.75) is 32.2 Å².